The number of nitrogen functional groups attached to an aromatic ring is 3. The minimum absolute atomic E-state index is 0. The van der Waals surface area contributed by atoms with Gasteiger partial charge in [0.1, 0.15) is 57.8 Å². The van der Waals surface area contributed by atoms with Gasteiger partial charge in [-0.2, -0.15) is 0 Å². The molecule has 5 aliphatic rings. The Morgan fingerprint density at radius 2 is 0.928 bits per heavy atom. The van der Waals surface area contributed by atoms with Crippen molar-refractivity contribution >= 4 is 46.7 Å². The van der Waals surface area contributed by atoms with Crippen molar-refractivity contribution < 1.29 is 85.9 Å². The number of halogens is 3. The number of rotatable bonds is 9. The predicted octanol–water partition coefficient (Wildman–Crippen LogP) is 9.34. The Morgan fingerprint density at radius 1 is 0.542 bits per heavy atom. The van der Waals surface area contributed by atoms with E-state index in [1.807, 2.05) is 6.08 Å². The Bertz CT molecular complexity index is 3380. The molecule has 4 fully saturated rings. The summed E-state index contributed by atoms with van der Waals surface area (Å²) in [6.45, 7) is 2.51. The van der Waals surface area contributed by atoms with Gasteiger partial charge >= 0.3 is 17.9 Å². The van der Waals surface area contributed by atoms with Crippen molar-refractivity contribution in [2.75, 3.05) is 65.0 Å². The van der Waals surface area contributed by atoms with Crippen molar-refractivity contribution in [2.24, 2.45) is 0 Å². The molecule has 2 aliphatic heterocycles. The van der Waals surface area contributed by atoms with E-state index in [0.717, 1.165) is 68.3 Å². The van der Waals surface area contributed by atoms with Crippen LogP contribution in [-0.4, -0.2) is 113 Å². The Morgan fingerprint density at radius 3 is 1.31 bits per heavy atom. The first-order valence-corrected chi connectivity index (χ1v) is 26.3. The van der Waals surface area contributed by atoms with Crippen LogP contribution in [0.4, 0.5) is 30.6 Å². The maximum absolute atomic E-state index is 14.3. The number of nitrogens with two attached hydrogens (primary N) is 3. The van der Waals surface area contributed by atoms with Crippen LogP contribution in [-0.2, 0) is 58.4 Å². The molecule has 6 N–H and O–H groups in total. The molecule has 6 aromatic rings. The molecule has 0 amide bonds. The van der Waals surface area contributed by atoms with Crippen molar-refractivity contribution in [1.82, 2.24) is 29.9 Å². The van der Waals surface area contributed by atoms with Gasteiger partial charge in [-0.15, -0.1) is 0 Å². The molecular formula is C59H63F3N9O11Pd-. The van der Waals surface area contributed by atoms with E-state index in [9.17, 15) is 32.3 Å². The summed E-state index contributed by atoms with van der Waals surface area (Å²) in [6, 6.07) is 12.4. The maximum atomic E-state index is 14.3. The van der Waals surface area contributed by atoms with Gasteiger partial charge in [0.25, 0.3) is 0 Å². The summed E-state index contributed by atoms with van der Waals surface area (Å²) in [5.74, 6) is -4.08. The first-order valence-electron chi connectivity index (χ1n) is 26.3. The number of carbonyl (C=O) groups is 4. The van der Waals surface area contributed by atoms with Crippen LogP contribution in [0.2, 0.25) is 0 Å². The van der Waals surface area contributed by atoms with E-state index in [0.29, 0.717) is 85.2 Å². The number of allylic oxidation sites excluding steroid dienone is 1. The quantitative estimate of drug-likeness (QED) is 0.0525. The van der Waals surface area contributed by atoms with Gasteiger partial charge in [0.15, 0.2) is 11.6 Å². The third kappa shape index (κ3) is 14.4. The number of ether oxygens (including phenoxy) is 7. The second-order valence-corrected chi connectivity index (χ2v) is 19.8. The van der Waals surface area contributed by atoms with E-state index in [1.54, 1.807) is 36.8 Å². The van der Waals surface area contributed by atoms with Crippen LogP contribution in [0.15, 0.2) is 79.3 Å². The number of nitrogens with zero attached hydrogens (tertiary/aromatic N) is 6. The fraction of sp³-hybridized carbons (Fsp3) is 0.373. The molecule has 2 saturated heterocycles. The predicted molar refractivity (Wildman–Crippen MR) is 294 cm³/mol. The third-order valence-corrected chi connectivity index (χ3v) is 14.9. The summed E-state index contributed by atoms with van der Waals surface area (Å²) < 4.78 is 79.5. The maximum Gasteiger partial charge on any atom is 0.340 e. The standard InChI is InChI=1S/C20H22FN3O4.C20H20FN3O4.C18H18FN3O3.CH3.Pd/c2*1-26-19(25)14-3-2-13(10-15(14)21)17-18(22)23-11-16(24-17)12-4-6-20(7-5-12)27-8-9-28-20;1-25-18(24)13-7-4-11(8-14(13)19)16-17(20)21-9-15(22-16)10-2-5-12(23)6-3-10;;/h2-3,10-12H,4-9H2,1H3,(H2,22,23);2-4,10-11H,5-9H2,1H3,(H2,22,23);4,7-10H,2-3,5-6H2,1H3,(H2,20,21);1H3;/q;;;-1;. The number of carbonyl (C=O) groups excluding carboxylic acids is 4. The second-order valence-electron chi connectivity index (χ2n) is 19.8. The van der Waals surface area contributed by atoms with Crippen LogP contribution in [0.5, 0.6) is 0 Å². The molecule has 3 aliphatic carbocycles. The summed E-state index contributed by atoms with van der Waals surface area (Å²) in [5.41, 5.74) is 23.2. The van der Waals surface area contributed by atoms with Gasteiger partial charge in [-0.3, -0.25) is 4.79 Å². The smallest absolute Gasteiger partial charge is 0.340 e. The van der Waals surface area contributed by atoms with E-state index in [4.69, 9.17) is 36.1 Å². The number of hydrogen-bond acceptors (Lipinski definition) is 20. The zero-order valence-corrected chi connectivity index (χ0v) is 47.7. The molecule has 20 nitrogen and oxygen atoms in total. The van der Waals surface area contributed by atoms with E-state index >= 15 is 0 Å². The molecule has 11 rings (SSSR count). The normalized spacial score (nSPS) is 17.1. The molecule has 0 atom stereocenters. The van der Waals surface area contributed by atoms with Crippen LogP contribution < -0.4 is 17.2 Å². The fourth-order valence-electron chi connectivity index (χ4n) is 10.4. The fourth-order valence-corrected chi connectivity index (χ4v) is 10.4. The molecule has 83 heavy (non-hydrogen) atoms. The van der Waals surface area contributed by atoms with E-state index in [2.05, 4.69) is 44.1 Å². The first-order chi connectivity index (χ1) is 39.0. The zero-order valence-electron chi connectivity index (χ0n) is 46.1. The SMILES string of the molecule is COC(=O)c1ccc(-c2nc(C3=CCC4(CC3)OCCO4)cnc2N)cc1F.COC(=O)c1ccc(-c2nc(C3CCC(=O)CC3)cnc2N)cc1F.COC(=O)c1ccc(-c2nc(C3CCC4(CC3)OCCO4)cnc2N)cc1F.[CH3-].[Pd]. The summed E-state index contributed by atoms with van der Waals surface area (Å²) in [7, 11) is 3.60. The number of anilines is 3. The van der Waals surface area contributed by atoms with Gasteiger partial charge in [-0.05, 0) is 74.1 Å². The molecular weight excluding hydrogens is 1170 g/mol. The monoisotopic (exact) mass is 1240 g/mol. The summed E-state index contributed by atoms with van der Waals surface area (Å²) in [6.07, 6.45) is 14.9. The Balaban J connectivity index is 0.000000177. The van der Waals surface area contributed by atoms with Gasteiger partial charge in [0.2, 0.25) is 0 Å². The molecule has 0 unspecified atom stereocenters. The third-order valence-electron chi connectivity index (χ3n) is 14.9. The molecule has 442 valence electrons. The van der Waals surface area contributed by atoms with Crippen LogP contribution in [0, 0.1) is 24.9 Å². The van der Waals surface area contributed by atoms with Crippen molar-refractivity contribution in [3.8, 4) is 33.8 Å². The van der Waals surface area contributed by atoms with Crippen LogP contribution in [0.1, 0.15) is 131 Å². The van der Waals surface area contributed by atoms with Gasteiger partial charge in [-0.25, -0.2) is 57.5 Å². The molecule has 2 spiro atoms. The molecule has 3 aromatic carbocycles. The zero-order chi connectivity index (χ0) is 57.4. The minimum atomic E-state index is -0.747. The number of Topliss-reactive ketones (excluding diaryl/α,β-unsaturated/α-hetero) is 1. The van der Waals surface area contributed by atoms with Crippen molar-refractivity contribution in [2.45, 2.75) is 94.0 Å². The van der Waals surface area contributed by atoms with Crippen LogP contribution in [0.25, 0.3) is 39.3 Å². The van der Waals surface area contributed by atoms with Gasteiger partial charge in [0.05, 0.1) is 100 Å². The molecule has 0 bridgehead atoms. The molecule has 3 aromatic heterocycles. The molecule has 5 heterocycles. The van der Waals surface area contributed by atoms with E-state index < -0.39 is 46.9 Å². The molecule has 2 saturated carbocycles. The van der Waals surface area contributed by atoms with Crippen molar-refractivity contribution in [3.63, 3.8) is 0 Å². The summed E-state index contributed by atoms with van der Waals surface area (Å²) in [5, 5.41) is 0. The summed E-state index contributed by atoms with van der Waals surface area (Å²) in [4.78, 5) is 72.5. The van der Waals surface area contributed by atoms with Crippen LogP contribution >= 0.6 is 0 Å². The number of aromatic nitrogens is 6. The van der Waals surface area contributed by atoms with Crippen LogP contribution in [0.3, 0.4) is 0 Å². The van der Waals surface area contributed by atoms with Gasteiger partial charge < -0.3 is 57.8 Å². The number of esters is 3. The van der Waals surface area contributed by atoms with E-state index in [1.165, 1.54) is 57.7 Å². The topological polar surface area (TPSA) is 288 Å². The van der Waals surface area contributed by atoms with Crippen molar-refractivity contribution in [1.29, 1.82) is 0 Å². The van der Waals surface area contributed by atoms with E-state index in [-0.39, 0.29) is 79.6 Å². The molecule has 0 radical (unpaired) electrons. The molecule has 24 heteroatoms. The largest absolute Gasteiger partial charge is 0.465 e. The van der Waals surface area contributed by atoms with Gasteiger partial charge in [0, 0.05) is 87.5 Å². The number of ketones is 1. The average Bonchev–Trinajstić information content (AvgIpc) is 4.25. The number of hydrogen-bond donors (Lipinski definition) is 3. The first kappa shape index (κ1) is 63.0. The van der Waals surface area contributed by atoms with Crippen molar-refractivity contribution in [3.05, 3.63) is 138 Å². The Kier molecular flexibility index (Phi) is 21.0. The Hall–Kier alpha value is -7.59. The summed E-state index contributed by atoms with van der Waals surface area (Å²) >= 11 is 0. The average molecular weight is 1240 g/mol. The van der Waals surface area contributed by atoms with Gasteiger partial charge in [-0.1, -0.05) is 24.3 Å². The second kappa shape index (κ2) is 27.7. The number of methoxy groups -OCH3 is 3. The number of benzene rings is 3. The minimum Gasteiger partial charge on any atom is -0.465 e. The Labute approximate surface area is 491 Å².